The van der Waals surface area contributed by atoms with Crippen LogP contribution in [0.1, 0.15) is 41.0 Å². The monoisotopic (exact) mass is 315 g/mol. The molecular weight excluding hydrogens is 293 g/mol. The maximum absolute atomic E-state index is 13.7. The van der Waals surface area contributed by atoms with Crippen molar-refractivity contribution in [3.63, 3.8) is 0 Å². The maximum Gasteiger partial charge on any atom is 0.274 e. The molecule has 1 amide bonds. The third-order valence-corrected chi connectivity index (χ3v) is 4.62. The Bertz CT molecular complexity index is 682. The number of imidazole rings is 1. The Morgan fingerprint density at radius 2 is 2.26 bits per heavy atom. The number of hydrogen-bond acceptors (Lipinski definition) is 2. The highest BCUT2D eigenvalue weighted by molar-refractivity contribution is 5.93. The number of amides is 1. The van der Waals surface area contributed by atoms with E-state index in [9.17, 15) is 9.18 Å². The highest BCUT2D eigenvalue weighted by Gasteiger charge is 2.26. The van der Waals surface area contributed by atoms with E-state index in [1.807, 2.05) is 24.0 Å². The van der Waals surface area contributed by atoms with E-state index < -0.39 is 0 Å². The minimum Gasteiger partial charge on any atom is -0.348 e. The summed E-state index contributed by atoms with van der Waals surface area (Å²) >= 11 is 0. The van der Waals surface area contributed by atoms with Crippen LogP contribution in [-0.4, -0.2) is 33.9 Å². The molecule has 0 saturated carbocycles. The number of hydrogen-bond donors (Lipinski definition) is 1. The van der Waals surface area contributed by atoms with Crippen LogP contribution in [0.3, 0.4) is 0 Å². The Labute approximate surface area is 135 Å². The summed E-state index contributed by atoms with van der Waals surface area (Å²) in [4.78, 5) is 21.5. The summed E-state index contributed by atoms with van der Waals surface area (Å²) in [5.41, 5.74) is 2.09. The molecule has 1 atom stereocenters. The number of rotatable bonds is 4. The van der Waals surface area contributed by atoms with Gasteiger partial charge in [0.1, 0.15) is 11.5 Å². The number of aromatic amines is 1. The summed E-state index contributed by atoms with van der Waals surface area (Å²) in [6, 6.07) is 6.93. The molecule has 3 rings (SSSR count). The van der Waals surface area contributed by atoms with E-state index in [1.165, 1.54) is 6.07 Å². The Balaban J connectivity index is 1.59. The number of aryl methyl sites for hydroxylation is 2. The average molecular weight is 315 g/mol. The van der Waals surface area contributed by atoms with Crippen molar-refractivity contribution in [2.75, 3.05) is 13.1 Å². The molecule has 23 heavy (non-hydrogen) atoms. The average Bonchev–Trinajstić information content (AvgIpc) is 3.00. The predicted octanol–water partition coefficient (Wildman–Crippen LogP) is 3.34. The normalized spacial score (nSPS) is 18.2. The first-order chi connectivity index (χ1) is 11.1. The van der Waals surface area contributed by atoms with Crippen LogP contribution < -0.4 is 0 Å². The van der Waals surface area contributed by atoms with Gasteiger partial charge in [-0.05, 0) is 50.2 Å². The van der Waals surface area contributed by atoms with Gasteiger partial charge < -0.3 is 9.88 Å². The second kappa shape index (κ2) is 6.94. The lowest BCUT2D eigenvalue weighted by Crippen LogP contribution is -2.40. The van der Waals surface area contributed by atoms with Crippen LogP contribution >= 0.6 is 0 Å². The molecule has 5 heteroatoms. The van der Waals surface area contributed by atoms with Gasteiger partial charge in [0.15, 0.2) is 0 Å². The number of aromatic nitrogens is 2. The Morgan fingerprint density at radius 3 is 3.00 bits per heavy atom. The van der Waals surface area contributed by atoms with Crippen LogP contribution in [0.5, 0.6) is 0 Å². The molecule has 0 spiro atoms. The predicted molar refractivity (Wildman–Crippen MR) is 86.7 cm³/mol. The topological polar surface area (TPSA) is 49.0 Å². The van der Waals surface area contributed by atoms with Gasteiger partial charge in [-0.3, -0.25) is 4.79 Å². The molecule has 1 saturated heterocycles. The van der Waals surface area contributed by atoms with Crippen LogP contribution in [0.15, 0.2) is 30.6 Å². The fourth-order valence-corrected chi connectivity index (χ4v) is 3.27. The van der Waals surface area contributed by atoms with Gasteiger partial charge >= 0.3 is 0 Å². The number of carbonyl (C=O) groups excluding carboxylic acids is 1. The van der Waals surface area contributed by atoms with Crippen LogP contribution in [0.4, 0.5) is 4.39 Å². The van der Waals surface area contributed by atoms with Gasteiger partial charge in [-0.1, -0.05) is 18.2 Å². The van der Waals surface area contributed by atoms with Crippen LogP contribution in [0, 0.1) is 18.7 Å². The molecule has 2 heterocycles. The van der Waals surface area contributed by atoms with E-state index in [0.29, 0.717) is 11.6 Å². The van der Waals surface area contributed by atoms with Crippen molar-refractivity contribution in [1.82, 2.24) is 14.9 Å². The molecule has 122 valence electrons. The number of nitrogens with one attached hydrogen (secondary N) is 1. The number of benzene rings is 1. The molecule has 1 aliphatic rings. The van der Waals surface area contributed by atoms with Crippen molar-refractivity contribution in [3.8, 4) is 0 Å². The molecule has 1 aliphatic heterocycles. The summed E-state index contributed by atoms with van der Waals surface area (Å²) in [6.07, 6.45) is 5.28. The zero-order chi connectivity index (χ0) is 16.2. The first-order valence-corrected chi connectivity index (χ1v) is 8.18. The Morgan fingerprint density at radius 1 is 1.43 bits per heavy atom. The standard InChI is InChI=1S/C18H22FN3O/c1-13-17(21-12-20-13)18(23)22-10-4-5-14(11-22)8-9-15-6-2-3-7-16(15)19/h2-3,6-7,12,14H,4-5,8-11H2,1H3,(H,20,21). The fraction of sp³-hybridized carbons (Fsp3) is 0.444. The van der Waals surface area contributed by atoms with E-state index >= 15 is 0 Å². The molecule has 4 nitrogen and oxygen atoms in total. The minimum atomic E-state index is -0.136. The number of nitrogens with zero attached hydrogens (tertiary/aromatic N) is 2. The van der Waals surface area contributed by atoms with Crippen LogP contribution in [0.2, 0.25) is 0 Å². The lowest BCUT2D eigenvalue weighted by atomic mass is 9.91. The zero-order valence-electron chi connectivity index (χ0n) is 13.4. The Hall–Kier alpha value is -2.17. The number of piperidine rings is 1. The van der Waals surface area contributed by atoms with E-state index in [4.69, 9.17) is 0 Å². The van der Waals surface area contributed by atoms with Gasteiger partial charge in [0.05, 0.1) is 6.33 Å². The van der Waals surface area contributed by atoms with Crippen molar-refractivity contribution in [1.29, 1.82) is 0 Å². The van der Waals surface area contributed by atoms with Crippen molar-refractivity contribution in [2.24, 2.45) is 5.92 Å². The van der Waals surface area contributed by atoms with Crippen molar-refractivity contribution in [3.05, 3.63) is 53.4 Å². The summed E-state index contributed by atoms with van der Waals surface area (Å²) in [7, 11) is 0. The SMILES string of the molecule is Cc1[nH]cnc1C(=O)N1CCCC(CCc2ccccc2F)C1. The lowest BCUT2D eigenvalue weighted by molar-refractivity contribution is 0.0662. The highest BCUT2D eigenvalue weighted by atomic mass is 19.1. The first kappa shape index (κ1) is 15.7. The summed E-state index contributed by atoms with van der Waals surface area (Å²) in [5.74, 6) is 0.286. The zero-order valence-corrected chi connectivity index (χ0v) is 13.4. The van der Waals surface area contributed by atoms with Gasteiger partial charge in [0.2, 0.25) is 0 Å². The molecule has 2 aromatic rings. The second-order valence-corrected chi connectivity index (χ2v) is 6.27. The molecule has 1 fully saturated rings. The van der Waals surface area contributed by atoms with Gasteiger partial charge in [-0.2, -0.15) is 0 Å². The molecule has 0 aliphatic carbocycles. The van der Waals surface area contributed by atoms with E-state index in [1.54, 1.807) is 12.4 Å². The number of carbonyl (C=O) groups is 1. The molecule has 1 aromatic carbocycles. The lowest BCUT2D eigenvalue weighted by Gasteiger charge is -2.32. The van der Waals surface area contributed by atoms with Crippen molar-refractivity contribution in [2.45, 2.75) is 32.6 Å². The van der Waals surface area contributed by atoms with Gasteiger partial charge in [0, 0.05) is 18.8 Å². The maximum atomic E-state index is 13.7. The third kappa shape index (κ3) is 3.60. The number of halogens is 1. The van der Waals surface area contributed by atoms with Crippen LogP contribution in [-0.2, 0) is 6.42 Å². The molecule has 1 N–H and O–H groups in total. The molecule has 1 unspecified atom stereocenters. The van der Waals surface area contributed by atoms with E-state index in [0.717, 1.165) is 50.0 Å². The minimum absolute atomic E-state index is 0.000610. The quantitative estimate of drug-likeness (QED) is 0.940. The van der Waals surface area contributed by atoms with Gasteiger partial charge in [-0.15, -0.1) is 0 Å². The van der Waals surface area contributed by atoms with Gasteiger partial charge in [0.25, 0.3) is 5.91 Å². The first-order valence-electron chi connectivity index (χ1n) is 8.18. The molecule has 1 aromatic heterocycles. The van der Waals surface area contributed by atoms with Gasteiger partial charge in [-0.25, -0.2) is 9.37 Å². The summed E-state index contributed by atoms with van der Waals surface area (Å²) in [5, 5.41) is 0. The second-order valence-electron chi connectivity index (χ2n) is 6.27. The largest absolute Gasteiger partial charge is 0.348 e. The third-order valence-electron chi connectivity index (χ3n) is 4.62. The van der Waals surface area contributed by atoms with E-state index in [2.05, 4.69) is 9.97 Å². The van der Waals surface area contributed by atoms with Crippen molar-refractivity contribution >= 4 is 5.91 Å². The molecular formula is C18H22FN3O. The highest BCUT2D eigenvalue weighted by Crippen LogP contribution is 2.23. The number of likely N-dealkylation sites (tertiary alicyclic amines) is 1. The van der Waals surface area contributed by atoms with E-state index in [-0.39, 0.29) is 11.7 Å². The fourth-order valence-electron chi connectivity index (χ4n) is 3.27. The smallest absolute Gasteiger partial charge is 0.274 e. The summed E-state index contributed by atoms with van der Waals surface area (Å²) < 4.78 is 13.7. The van der Waals surface area contributed by atoms with Crippen LogP contribution in [0.25, 0.3) is 0 Å². The summed E-state index contributed by atoms with van der Waals surface area (Å²) in [6.45, 7) is 3.38. The molecule has 0 bridgehead atoms. The Kier molecular flexibility index (Phi) is 4.74. The molecule has 0 radical (unpaired) electrons. The number of H-pyrrole nitrogens is 1. The van der Waals surface area contributed by atoms with Crippen molar-refractivity contribution < 1.29 is 9.18 Å².